The molecule has 15 heavy (non-hydrogen) atoms. The molecule has 0 radical (unpaired) electrons. The van der Waals surface area contributed by atoms with Crippen molar-refractivity contribution in [3.05, 3.63) is 26.1 Å². The molecule has 0 unspecified atom stereocenters. The highest BCUT2D eigenvalue weighted by molar-refractivity contribution is 14.1. The Morgan fingerprint density at radius 1 is 1.47 bits per heavy atom. The Morgan fingerprint density at radius 3 is 2.87 bits per heavy atom. The molecule has 0 aliphatic rings. The molecule has 0 atom stereocenters. The van der Waals surface area contributed by atoms with Gasteiger partial charge >= 0.3 is 0 Å². The van der Waals surface area contributed by atoms with Gasteiger partial charge in [-0.15, -0.1) is 0 Å². The second kappa shape index (κ2) is 4.44. The van der Waals surface area contributed by atoms with Crippen LogP contribution in [0.15, 0.2) is 16.8 Å². The van der Waals surface area contributed by atoms with E-state index in [1.54, 1.807) is 11.3 Å². The van der Waals surface area contributed by atoms with E-state index in [0.29, 0.717) is 5.82 Å². The number of rotatable bonds is 2. The molecule has 0 aromatic carbocycles. The second-order valence-corrected chi connectivity index (χ2v) is 4.92. The SMILES string of the molecule is CCc1nc(-c2ccsc2)nc(N)c1I. The van der Waals surface area contributed by atoms with Crippen molar-refractivity contribution in [2.24, 2.45) is 0 Å². The summed E-state index contributed by atoms with van der Waals surface area (Å²) >= 11 is 3.83. The number of thiophene rings is 1. The van der Waals surface area contributed by atoms with Gasteiger partial charge in [0.2, 0.25) is 0 Å². The van der Waals surface area contributed by atoms with Crippen molar-refractivity contribution in [3.8, 4) is 11.4 Å². The van der Waals surface area contributed by atoms with Crippen molar-refractivity contribution in [2.45, 2.75) is 13.3 Å². The summed E-state index contributed by atoms with van der Waals surface area (Å²) in [5, 5.41) is 4.04. The van der Waals surface area contributed by atoms with Gasteiger partial charge < -0.3 is 5.73 Å². The lowest BCUT2D eigenvalue weighted by Crippen LogP contribution is -2.03. The third-order valence-electron chi connectivity index (χ3n) is 2.06. The van der Waals surface area contributed by atoms with Crippen LogP contribution < -0.4 is 5.73 Å². The minimum Gasteiger partial charge on any atom is -0.383 e. The fourth-order valence-electron chi connectivity index (χ4n) is 1.27. The van der Waals surface area contributed by atoms with E-state index in [-0.39, 0.29) is 0 Å². The normalized spacial score (nSPS) is 10.5. The number of nitrogen functional groups attached to an aromatic ring is 1. The van der Waals surface area contributed by atoms with Crippen molar-refractivity contribution >= 4 is 39.7 Å². The van der Waals surface area contributed by atoms with Gasteiger partial charge in [0.05, 0.1) is 9.26 Å². The van der Waals surface area contributed by atoms with Gasteiger partial charge in [0.15, 0.2) is 5.82 Å². The maximum Gasteiger partial charge on any atom is 0.162 e. The Bertz CT molecular complexity index is 468. The topological polar surface area (TPSA) is 51.8 Å². The molecule has 3 nitrogen and oxygen atoms in total. The molecule has 5 heteroatoms. The summed E-state index contributed by atoms with van der Waals surface area (Å²) in [5.41, 5.74) is 7.91. The van der Waals surface area contributed by atoms with Gasteiger partial charge in [-0.3, -0.25) is 0 Å². The van der Waals surface area contributed by atoms with Gasteiger partial charge in [-0.25, -0.2) is 9.97 Å². The number of anilines is 1. The maximum atomic E-state index is 5.85. The first kappa shape index (κ1) is 10.8. The summed E-state index contributed by atoms with van der Waals surface area (Å²) in [5.74, 6) is 1.30. The Morgan fingerprint density at radius 2 is 2.27 bits per heavy atom. The first-order chi connectivity index (χ1) is 7.22. The smallest absolute Gasteiger partial charge is 0.162 e. The average molecular weight is 331 g/mol. The molecule has 2 rings (SSSR count). The Kier molecular flexibility index (Phi) is 3.20. The predicted molar refractivity (Wildman–Crippen MR) is 71.9 cm³/mol. The number of hydrogen-bond acceptors (Lipinski definition) is 4. The molecule has 2 aromatic rings. The fraction of sp³-hybridized carbons (Fsp3) is 0.200. The molecule has 0 aliphatic carbocycles. The molecular weight excluding hydrogens is 321 g/mol. The van der Waals surface area contributed by atoms with Crippen LogP contribution in [-0.2, 0) is 6.42 Å². The molecule has 0 aliphatic heterocycles. The van der Waals surface area contributed by atoms with Gasteiger partial charge in [-0.2, -0.15) is 11.3 Å². The summed E-state index contributed by atoms with van der Waals surface area (Å²) in [7, 11) is 0. The van der Waals surface area contributed by atoms with Crippen LogP contribution in [-0.4, -0.2) is 9.97 Å². The minimum absolute atomic E-state index is 0.573. The lowest BCUT2D eigenvalue weighted by Gasteiger charge is -2.06. The highest BCUT2D eigenvalue weighted by Gasteiger charge is 2.09. The van der Waals surface area contributed by atoms with Gasteiger partial charge in [0.1, 0.15) is 5.82 Å². The summed E-state index contributed by atoms with van der Waals surface area (Å²) in [6, 6.07) is 2.01. The van der Waals surface area contributed by atoms with Crippen LogP contribution in [0.4, 0.5) is 5.82 Å². The van der Waals surface area contributed by atoms with E-state index in [0.717, 1.165) is 27.1 Å². The molecule has 0 amide bonds. The summed E-state index contributed by atoms with van der Waals surface area (Å²) in [6.07, 6.45) is 0.877. The highest BCUT2D eigenvalue weighted by atomic mass is 127. The van der Waals surface area contributed by atoms with Crippen molar-refractivity contribution in [2.75, 3.05) is 5.73 Å². The molecule has 78 valence electrons. The monoisotopic (exact) mass is 331 g/mol. The van der Waals surface area contributed by atoms with Crippen LogP contribution in [0.3, 0.4) is 0 Å². The van der Waals surface area contributed by atoms with Gasteiger partial charge in [0, 0.05) is 10.9 Å². The average Bonchev–Trinajstić information content (AvgIpc) is 2.75. The molecule has 0 bridgehead atoms. The minimum atomic E-state index is 0.573. The summed E-state index contributed by atoms with van der Waals surface area (Å²) in [4.78, 5) is 8.79. The van der Waals surface area contributed by atoms with Crippen molar-refractivity contribution in [1.82, 2.24) is 9.97 Å². The van der Waals surface area contributed by atoms with Crippen LogP contribution in [0.5, 0.6) is 0 Å². The number of aromatic nitrogens is 2. The molecular formula is C10H10IN3S. The van der Waals surface area contributed by atoms with E-state index in [1.807, 2.05) is 16.8 Å². The first-order valence-electron chi connectivity index (χ1n) is 4.56. The number of hydrogen-bond donors (Lipinski definition) is 1. The second-order valence-electron chi connectivity index (χ2n) is 3.06. The maximum absolute atomic E-state index is 5.85. The zero-order valence-corrected chi connectivity index (χ0v) is 11.2. The first-order valence-corrected chi connectivity index (χ1v) is 6.59. The molecule has 0 saturated heterocycles. The Labute approximate surface area is 106 Å². The van der Waals surface area contributed by atoms with Crippen LogP contribution in [0.2, 0.25) is 0 Å². The van der Waals surface area contributed by atoms with Crippen LogP contribution in [0, 0.1) is 3.57 Å². The molecule has 2 aromatic heterocycles. The lowest BCUT2D eigenvalue weighted by molar-refractivity contribution is 0.995. The van der Waals surface area contributed by atoms with E-state index < -0.39 is 0 Å². The van der Waals surface area contributed by atoms with E-state index in [1.165, 1.54) is 0 Å². The molecule has 2 N–H and O–H groups in total. The van der Waals surface area contributed by atoms with E-state index >= 15 is 0 Å². The van der Waals surface area contributed by atoms with Crippen LogP contribution in [0.25, 0.3) is 11.4 Å². The summed E-state index contributed by atoms with van der Waals surface area (Å²) in [6.45, 7) is 2.07. The number of nitrogens with two attached hydrogens (primary N) is 1. The van der Waals surface area contributed by atoms with Gasteiger partial charge in [-0.05, 0) is 40.5 Å². The van der Waals surface area contributed by atoms with Gasteiger partial charge in [-0.1, -0.05) is 6.92 Å². The zero-order valence-electron chi connectivity index (χ0n) is 8.20. The molecule has 2 heterocycles. The predicted octanol–water partition coefficient (Wildman–Crippen LogP) is 2.95. The van der Waals surface area contributed by atoms with E-state index in [2.05, 4.69) is 39.5 Å². The third-order valence-corrected chi connectivity index (χ3v) is 3.92. The number of halogens is 1. The Balaban J connectivity index is 2.55. The fourth-order valence-corrected chi connectivity index (χ4v) is 2.52. The standard InChI is InChI=1S/C10H10IN3S/c1-2-7-8(11)9(12)14-10(13-7)6-3-4-15-5-6/h3-5H,2H2,1H3,(H2,12,13,14). The van der Waals surface area contributed by atoms with Crippen molar-refractivity contribution < 1.29 is 0 Å². The van der Waals surface area contributed by atoms with Crippen LogP contribution >= 0.6 is 33.9 Å². The van der Waals surface area contributed by atoms with E-state index in [9.17, 15) is 0 Å². The largest absolute Gasteiger partial charge is 0.383 e. The molecule has 0 fully saturated rings. The zero-order chi connectivity index (χ0) is 10.8. The Hall–Kier alpha value is -0.690. The number of aryl methyl sites for hydroxylation is 1. The third kappa shape index (κ3) is 2.12. The van der Waals surface area contributed by atoms with Gasteiger partial charge in [0.25, 0.3) is 0 Å². The summed E-state index contributed by atoms with van der Waals surface area (Å²) < 4.78 is 0.967. The van der Waals surface area contributed by atoms with Crippen LogP contribution in [0.1, 0.15) is 12.6 Å². The molecule has 0 saturated carbocycles. The number of nitrogens with zero attached hydrogens (tertiary/aromatic N) is 2. The highest BCUT2D eigenvalue weighted by Crippen LogP contribution is 2.23. The van der Waals surface area contributed by atoms with E-state index in [4.69, 9.17) is 5.73 Å². The van der Waals surface area contributed by atoms with Crippen molar-refractivity contribution in [3.63, 3.8) is 0 Å². The van der Waals surface area contributed by atoms with Crippen molar-refractivity contribution in [1.29, 1.82) is 0 Å². The quantitative estimate of drug-likeness (QED) is 0.861. The lowest BCUT2D eigenvalue weighted by atomic mass is 10.2. The molecule has 0 spiro atoms.